The molecule has 0 atom stereocenters. The standard InChI is InChI=1S/C19H17ClO5/c1-11(2)25-18-9-13(19(23)24)4-3-12(18)5-8-16(21)15-7-6-14(20)10-17(15)22/h3-11,22H,1-2H3,(H,23,24)/b8-5+. The SMILES string of the molecule is CC(C)Oc1cc(C(=O)O)ccc1/C=C/C(=O)c1ccc(Cl)cc1O. The van der Waals surface area contributed by atoms with Crippen LogP contribution in [0.25, 0.3) is 6.08 Å². The smallest absolute Gasteiger partial charge is 0.335 e. The Morgan fingerprint density at radius 1 is 1.16 bits per heavy atom. The number of aromatic hydroxyl groups is 1. The first-order valence-corrected chi connectivity index (χ1v) is 7.90. The molecule has 2 N–H and O–H groups in total. The molecule has 0 aliphatic carbocycles. The molecule has 2 aromatic carbocycles. The van der Waals surface area contributed by atoms with Gasteiger partial charge in [0.15, 0.2) is 5.78 Å². The molecule has 0 aliphatic rings. The van der Waals surface area contributed by atoms with Crippen LogP contribution in [0.4, 0.5) is 0 Å². The Balaban J connectivity index is 2.32. The Bertz CT molecular complexity index is 840. The summed E-state index contributed by atoms with van der Waals surface area (Å²) in [4.78, 5) is 23.3. The third-order valence-electron chi connectivity index (χ3n) is 3.26. The second-order valence-corrected chi connectivity index (χ2v) is 6.02. The van der Waals surface area contributed by atoms with Crippen LogP contribution in [0.3, 0.4) is 0 Å². The Hall–Kier alpha value is -2.79. The Morgan fingerprint density at radius 2 is 1.88 bits per heavy atom. The van der Waals surface area contributed by atoms with Crippen molar-refractivity contribution in [2.45, 2.75) is 20.0 Å². The van der Waals surface area contributed by atoms with Crippen LogP contribution in [-0.4, -0.2) is 28.1 Å². The van der Waals surface area contributed by atoms with E-state index in [2.05, 4.69) is 0 Å². The van der Waals surface area contributed by atoms with Gasteiger partial charge in [-0.25, -0.2) is 4.79 Å². The van der Waals surface area contributed by atoms with E-state index in [-0.39, 0.29) is 23.0 Å². The first-order chi connectivity index (χ1) is 11.8. The largest absolute Gasteiger partial charge is 0.507 e. The molecule has 25 heavy (non-hydrogen) atoms. The molecule has 0 fully saturated rings. The van der Waals surface area contributed by atoms with Gasteiger partial charge in [-0.05, 0) is 56.3 Å². The Labute approximate surface area is 150 Å². The zero-order valence-corrected chi connectivity index (χ0v) is 14.4. The summed E-state index contributed by atoms with van der Waals surface area (Å²) in [6.45, 7) is 3.63. The van der Waals surface area contributed by atoms with E-state index in [1.165, 1.54) is 42.5 Å². The van der Waals surface area contributed by atoms with Crippen molar-refractivity contribution in [3.8, 4) is 11.5 Å². The molecule has 0 aromatic heterocycles. The van der Waals surface area contributed by atoms with E-state index < -0.39 is 11.8 Å². The summed E-state index contributed by atoms with van der Waals surface area (Å²) >= 11 is 5.75. The summed E-state index contributed by atoms with van der Waals surface area (Å²) in [5, 5.41) is 19.2. The van der Waals surface area contributed by atoms with E-state index in [4.69, 9.17) is 21.4 Å². The summed E-state index contributed by atoms with van der Waals surface area (Å²) in [7, 11) is 0. The molecule has 6 heteroatoms. The number of ketones is 1. The molecular formula is C19H17ClO5. The Morgan fingerprint density at radius 3 is 2.48 bits per heavy atom. The predicted octanol–water partition coefficient (Wildman–Crippen LogP) is 4.43. The van der Waals surface area contributed by atoms with Crippen molar-refractivity contribution >= 4 is 29.4 Å². The van der Waals surface area contributed by atoms with E-state index in [9.17, 15) is 14.7 Å². The van der Waals surface area contributed by atoms with Gasteiger partial charge in [0, 0.05) is 10.6 Å². The van der Waals surface area contributed by atoms with Crippen molar-refractivity contribution in [1.29, 1.82) is 0 Å². The highest BCUT2D eigenvalue weighted by Gasteiger charge is 2.12. The van der Waals surface area contributed by atoms with Crippen molar-refractivity contribution in [2.75, 3.05) is 0 Å². The lowest BCUT2D eigenvalue weighted by Gasteiger charge is -2.13. The fourth-order valence-electron chi connectivity index (χ4n) is 2.13. The predicted molar refractivity (Wildman–Crippen MR) is 95.6 cm³/mol. The summed E-state index contributed by atoms with van der Waals surface area (Å²) in [6.07, 6.45) is 2.64. The van der Waals surface area contributed by atoms with E-state index in [1.807, 2.05) is 13.8 Å². The van der Waals surface area contributed by atoms with Gasteiger partial charge in [0.1, 0.15) is 11.5 Å². The van der Waals surface area contributed by atoms with E-state index in [1.54, 1.807) is 6.07 Å². The molecule has 0 radical (unpaired) electrons. The molecule has 0 spiro atoms. The number of halogens is 1. The number of aromatic carboxylic acids is 1. The van der Waals surface area contributed by atoms with E-state index >= 15 is 0 Å². The van der Waals surface area contributed by atoms with Crippen molar-refractivity contribution in [3.63, 3.8) is 0 Å². The fraction of sp³-hybridized carbons (Fsp3) is 0.158. The van der Waals surface area contributed by atoms with Gasteiger partial charge in [0.05, 0.1) is 17.2 Å². The summed E-state index contributed by atoms with van der Waals surface area (Å²) < 4.78 is 5.62. The fourth-order valence-corrected chi connectivity index (χ4v) is 2.30. The summed E-state index contributed by atoms with van der Waals surface area (Å²) in [5.74, 6) is -1.32. The highest BCUT2D eigenvalue weighted by atomic mass is 35.5. The normalized spacial score (nSPS) is 11.0. The first kappa shape index (κ1) is 18.5. The number of carboxylic acids is 1. The number of carbonyl (C=O) groups is 2. The Kier molecular flexibility index (Phi) is 5.83. The van der Waals surface area contributed by atoms with Crippen LogP contribution in [0.2, 0.25) is 5.02 Å². The average Bonchev–Trinajstić information content (AvgIpc) is 2.52. The monoisotopic (exact) mass is 360 g/mol. The number of hydrogen-bond acceptors (Lipinski definition) is 4. The lowest BCUT2D eigenvalue weighted by Crippen LogP contribution is -2.08. The maximum Gasteiger partial charge on any atom is 0.335 e. The molecule has 0 saturated heterocycles. The number of benzene rings is 2. The first-order valence-electron chi connectivity index (χ1n) is 7.53. The number of hydrogen-bond donors (Lipinski definition) is 2. The number of carboxylic acid groups (broad SMARTS) is 1. The van der Waals surface area contributed by atoms with Crippen LogP contribution < -0.4 is 4.74 Å². The minimum absolute atomic E-state index is 0.0921. The van der Waals surface area contributed by atoms with Gasteiger partial charge < -0.3 is 14.9 Å². The van der Waals surface area contributed by atoms with Gasteiger partial charge in [-0.15, -0.1) is 0 Å². The average molecular weight is 361 g/mol. The van der Waals surface area contributed by atoms with Crippen LogP contribution in [-0.2, 0) is 0 Å². The second-order valence-electron chi connectivity index (χ2n) is 5.58. The van der Waals surface area contributed by atoms with E-state index in [0.29, 0.717) is 16.3 Å². The van der Waals surface area contributed by atoms with Gasteiger partial charge in [0.25, 0.3) is 0 Å². The minimum atomic E-state index is -1.06. The number of carbonyl (C=O) groups excluding carboxylic acids is 1. The van der Waals surface area contributed by atoms with Crippen molar-refractivity contribution in [2.24, 2.45) is 0 Å². The number of allylic oxidation sites excluding steroid dienone is 1. The van der Waals surface area contributed by atoms with Gasteiger partial charge in [-0.2, -0.15) is 0 Å². The molecule has 0 heterocycles. The number of rotatable bonds is 6. The maximum atomic E-state index is 12.2. The molecule has 0 unspecified atom stereocenters. The highest BCUT2D eigenvalue weighted by molar-refractivity contribution is 6.31. The van der Waals surface area contributed by atoms with Gasteiger partial charge in [0.2, 0.25) is 0 Å². The molecule has 0 saturated carbocycles. The highest BCUT2D eigenvalue weighted by Crippen LogP contribution is 2.25. The van der Waals surface area contributed by atoms with Crippen molar-refractivity contribution in [1.82, 2.24) is 0 Å². The lowest BCUT2D eigenvalue weighted by atomic mass is 10.1. The quantitative estimate of drug-likeness (QED) is 0.588. The van der Waals surface area contributed by atoms with Gasteiger partial charge in [-0.1, -0.05) is 17.7 Å². The maximum absolute atomic E-state index is 12.2. The third kappa shape index (κ3) is 4.84. The molecule has 2 aromatic rings. The molecule has 2 rings (SSSR count). The number of phenols is 1. The summed E-state index contributed by atoms with van der Waals surface area (Å²) in [6, 6.07) is 8.64. The third-order valence-corrected chi connectivity index (χ3v) is 3.50. The zero-order chi connectivity index (χ0) is 18.6. The zero-order valence-electron chi connectivity index (χ0n) is 13.7. The summed E-state index contributed by atoms with van der Waals surface area (Å²) in [5.41, 5.74) is 0.768. The van der Waals surface area contributed by atoms with Crippen LogP contribution in [0.15, 0.2) is 42.5 Å². The number of phenolic OH excluding ortho intramolecular Hbond substituents is 1. The molecule has 0 bridgehead atoms. The van der Waals surface area contributed by atoms with Gasteiger partial charge >= 0.3 is 5.97 Å². The second kappa shape index (κ2) is 7.85. The lowest BCUT2D eigenvalue weighted by molar-refractivity contribution is 0.0695. The molecule has 0 aliphatic heterocycles. The molecular weight excluding hydrogens is 344 g/mol. The van der Waals surface area contributed by atoms with Gasteiger partial charge in [-0.3, -0.25) is 4.79 Å². The van der Waals surface area contributed by atoms with Crippen LogP contribution in [0.5, 0.6) is 11.5 Å². The van der Waals surface area contributed by atoms with Crippen molar-refractivity contribution in [3.05, 3.63) is 64.2 Å². The van der Waals surface area contributed by atoms with E-state index in [0.717, 1.165) is 0 Å². The topological polar surface area (TPSA) is 83.8 Å². The van der Waals surface area contributed by atoms with Crippen LogP contribution in [0.1, 0.15) is 40.1 Å². The molecule has 130 valence electrons. The van der Waals surface area contributed by atoms with Crippen molar-refractivity contribution < 1.29 is 24.5 Å². The van der Waals surface area contributed by atoms with Crippen LogP contribution >= 0.6 is 11.6 Å². The number of ether oxygens (including phenoxy) is 1. The molecule has 5 nitrogen and oxygen atoms in total. The minimum Gasteiger partial charge on any atom is -0.507 e. The van der Waals surface area contributed by atoms with Crippen LogP contribution in [0, 0.1) is 0 Å². The molecule has 0 amide bonds.